The lowest BCUT2D eigenvalue weighted by Gasteiger charge is -2.37. The van der Waals surface area contributed by atoms with Crippen molar-refractivity contribution in [3.63, 3.8) is 0 Å². The number of nitrogens with zero attached hydrogens (tertiary/aromatic N) is 2. The van der Waals surface area contributed by atoms with Crippen LogP contribution in [0.25, 0.3) is 21.8 Å². The molecule has 50 heavy (non-hydrogen) atoms. The first-order valence-electron chi connectivity index (χ1n) is 15.1. The fourth-order valence-electron chi connectivity index (χ4n) is 6.40. The lowest BCUT2D eigenvalue weighted by atomic mass is 9.77. The van der Waals surface area contributed by atoms with Gasteiger partial charge in [-0.2, -0.15) is 0 Å². The van der Waals surface area contributed by atoms with Gasteiger partial charge in [0.05, 0.1) is 32.3 Å². The molecule has 0 bridgehead atoms. The molecule has 0 fully saturated rings. The number of rotatable bonds is 4. The molecular formula is C37H21Cl2N3O8. The number of pyridine rings is 2. The van der Waals surface area contributed by atoms with Crippen LogP contribution in [-0.2, 0) is 19.9 Å². The van der Waals surface area contributed by atoms with Crippen LogP contribution in [0.2, 0.25) is 10.0 Å². The summed E-state index contributed by atoms with van der Waals surface area (Å²) >= 11 is 13.2. The van der Waals surface area contributed by atoms with Crippen LogP contribution in [0.5, 0.6) is 23.0 Å². The highest BCUT2D eigenvalue weighted by Gasteiger charge is 2.54. The molecule has 4 heterocycles. The lowest BCUT2D eigenvalue weighted by molar-refractivity contribution is -0.132. The second-order valence-electron chi connectivity index (χ2n) is 11.5. The molecule has 6 aromatic rings. The van der Waals surface area contributed by atoms with Crippen LogP contribution in [0, 0.1) is 0 Å². The molecule has 11 nitrogen and oxygen atoms in total. The number of esters is 3. The molecule has 246 valence electrons. The Kier molecular flexibility index (Phi) is 7.21. The number of carbonyl (C=O) groups excluding carboxylic acids is 4. The topological polar surface area (TPSA) is 143 Å². The zero-order chi connectivity index (χ0) is 34.9. The first kappa shape index (κ1) is 31.2. The third kappa shape index (κ3) is 4.89. The first-order chi connectivity index (χ1) is 24.0. The normalized spacial score (nSPS) is 13.6. The molecule has 0 saturated carbocycles. The molecule has 0 atom stereocenters. The summed E-state index contributed by atoms with van der Waals surface area (Å²) < 4.78 is 23.0. The molecular weight excluding hydrogens is 685 g/mol. The van der Waals surface area contributed by atoms with E-state index in [0.29, 0.717) is 27.7 Å². The number of nitrogens with one attached hydrogen (secondary N) is 1. The second kappa shape index (κ2) is 11.5. The van der Waals surface area contributed by atoms with Gasteiger partial charge in [-0.3, -0.25) is 24.4 Å². The fraction of sp³-hybridized carbons (Fsp3) is 0.0811. The molecule has 2 aliphatic rings. The summed E-state index contributed by atoms with van der Waals surface area (Å²) in [5.41, 5.74) is 1.29. The third-order valence-electron chi connectivity index (χ3n) is 8.39. The molecule has 2 aromatic heterocycles. The van der Waals surface area contributed by atoms with E-state index in [9.17, 15) is 19.2 Å². The van der Waals surface area contributed by atoms with Crippen LogP contribution >= 0.6 is 23.2 Å². The molecule has 1 amide bonds. The van der Waals surface area contributed by atoms with Gasteiger partial charge in [-0.25, -0.2) is 4.79 Å². The minimum atomic E-state index is -1.74. The Morgan fingerprint density at radius 1 is 0.760 bits per heavy atom. The van der Waals surface area contributed by atoms with E-state index < -0.39 is 29.4 Å². The number of anilines is 1. The van der Waals surface area contributed by atoms with E-state index in [1.54, 1.807) is 30.6 Å². The Hall–Kier alpha value is -6.04. The van der Waals surface area contributed by atoms with Crippen molar-refractivity contribution in [2.24, 2.45) is 0 Å². The van der Waals surface area contributed by atoms with Crippen LogP contribution in [0.1, 0.15) is 51.3 Å². The van der Waals surface area contributed by atoms with Gasteiger partial charge in [0.15, 0.2) is 17.1 Å². The van der Waals surface area contributed by atoms with Gasteiger partial charge in [0.25, 0.3) is 5.91 Å². The number of benzene rings is 4. The number of carbonyl (C=O) groups is 4. The predicted octanol–water partition coefficient (Wildman–Crippen LogP) is 7.76. The predicted molar refractivity (Wildman–Crippen MR) is 182 cm³/mol. The van der Waals surface area contributed by atoms with E-state index in [-0.39, 0.29) is 55.3 Å². The second-order valence-corrected chi connectivity index (χ2v) is 12.3. The summed E-state index contributed by atoms with van der Waals surface area (Å²) in [7, 11) is 0. The van der Waals surface area contributed by atoms with Gasteiger partial charge in [-0.1, -0.05) is 29.3 Å². The van der Waals surface area contributed by atoms with Gasteiger partial charge in [0.2, 0.25) is 0 Å². The number of amides is 1. The Bertz CT molecular complexity index is 2450. The molecule has 2 aliphatic heterocycles. The molecule has 0 radical (unpaired) electrons. The van der Waals surface area contributed by atoms with E-state index in [1.807, 2.05) is 18.2 Å². The van der Waals surface area contributed by atoms with Crippen LogP contribution < -0.4 is 19.5 Å². The molecule has 0 unspecified atom stereocenters. The standard InChI is InChI=1S/C37H21Cl2N3O8/c1-17(43)47-31-15-29-24(13-26(31)38)37(25-14-27(39)32(48-18(2)44)16-30(25)49-29)23-11-20(7-8-21(23)36(46)50-37)35(45)42-28-12-19-5-3-9-40-33(19)34-22(28)6-4-10-41-34/h3-16H,1-2H3,(H,42,45). The summed E-state index contributed by atoms with van der Waals surface area (Å²) in [5.74, 6) is -2.18. The SMILES string of the molecule is CC(=O)Oc1cc2c(cc1Cl)C1(OC(=O)c3ccc(C(=O)Nc4cc5cccnc5c5ncccc45)cc31)c1cc(Cl)c(OC(C)=O)cc1O2. The van der Waals surface area contributed by atoms with E-state index >= 15 is 0 Å². The van der Waals surface area contributed by atoms with Crippen molar-refractivity contribution in [3.05, 3.63) is 123 Å². The number of hydrogen-bond donors (Lipinski definition) is 1. The van der Waals surface area contributed by atoms with Gasteiger partial charge >= 0.3 is 17.9 Å². The largest absolute Gasteiger partial charge is 0.456 e. The van der Waals surface area contributed by atoms with Crippen molar-refractivity contribution in [1.82, 2.24) is 9.97 Å². The molecule has 0 aliphatic carbocycles. The highest BCUT2D eigenvalue weighted by molar-refractivity contribution is 6.33. The lowest BCUT2D eigenvalue weighted by Crippen LogP contribution is -2.33. The van der Waals surface area contributed by atoms with Crippen molar-refractivity contribution in [3.8, 4) is 23.0 Å². The van der Waals surface area contributed by atoms with Crippen molar-refractivity contribution >= 4 is 74.5 Å². The maximum absolute atomic E-state index is 14.0. The van der Waals surface area contributed by atoms with Gasteiger partial charge in [-0.05, 0) is 54.6 Å². The maximum Gasteiger partial charge on any atom is 0.340 e. The van der Waals surface area contributed by atoms with E-state index in [2.05, 4.69) is 15.3 Å². The molecule has 13 heteroatoms. The number of halogens is 2. The average Bonchev–Trinajstić information content (AvgIpc) is 3.38. The van der Waals surface area contributed by atoms with Crippen molar-refractivity contribution < 1.29 is 38.1 Å². The Morgan fingerprint density at radius 2 is 1.38 bits per heavy atom. The minimum absolute atomic E-state index is 0.00401. The number of hydrogen-bond acceptors (Lipinski definition) is 10. The Balaban J connectivity index is 1.30. The van der Waals surface area contributed by atoms with Crippen LogP contribution in [0.4, 0.5) is 5.69 Å². The molecule has 0 saturated heterocycles. The monoisotopic (exact) mass is 705 g/mol. The molecule has 8 rings (SSSR count). The molecule has 1 N–H and O–H groups in total. The maximum atomic E-state index is 14.0. The first-order valence-corrected chi connectivity index (χ1v) is 15.8. The zero-order valence-corrected chi connectivity index (χ0v) is 27.5. The quantitative estimate of drug-likeness (QED) is 0.110. The number of fused-ring (bicyclic) bond motifs is 9. The van der Waals surface area contributed by atoms with E-state index in [0.717, 1.165) is 5.39 Å². The third-order valence-corrected chi connectivity index (χ3v) is 8.98. The Morgan fingerprint density at radius 3 is 2.02 bits per heavy atom. The summed E-state index contributed by atoms with van der Waals surface area (Å²) in [6.07, 6.45) is 3.34. The van der Waals surface area contributed by atoms with Crippen LogP contribution in [0.3, 0.4) is 0 Å². The molecule has 4 aromatic carbocycles. The van der Waals surface area contributed by atoms with Crippen molar-refractivity contribution in [1.29, 1.82) is 0 Å². The highest BCUT2D eigenvalue weighted by Crippen LogP contribution is 2.59. The zero-order valence-electron chi connectivity index (χ0n) is 26.0. The average molecular weight is 706 g/mol. The highest BCUT2D eigenvalue weighted by atomic mass is 35.5. The van der Waals surface area contributed by atoms with Crippen molar-refractivity contribution in [2.45, 2.75) is 19.4 Å². The number of ether oxygens (including phenoxy) is 4. The van der Waals surface area contributed by atoms with Crippen molar-refractivity contribution in [2.75, 3.05) is 5.32 Å². The van der Waals surface area contributed by atoms with Gasteiger partial charge in [0.1, 0.15) is 11.5 Å². The van der Waals surface area contributed by atoms with E-state index in [1.165, 1.54) is 50.2 Å². The summed E-state index contributed by atoms with van der Waals surface area (Å²) in [6.45, 7) is 2.44. The summed E-state index contributed by atoms with van der Waals surface area (Å²) in [6, 6.07) is 19.4. The van der Waals surface area contributed by atoms with Crippen LogP contribution in [0.15, 0.2) is 85.2 Å². The molecule has 1 spiro atoms. The van der Waals surface area contributed by atoms with Gasteiger partial charge < -0.3 is 24.3 Å². The summed E-state index contributed by atoms with van der Waals surface area (Å²) in [4.78, 5) is 60.3. The van der Waals surface area contributed by atoms with E-state index in [4.69, 9.17) is 42.1 Å². The number of aromatic nitrogens is 2. The summed E-state index contributed by atoms with van der Waals surface area (Å²) in [5, 5.41) is 4.52. The van der Waals surface area contributed by atoms with Gasteiger partial charge in [0, 0.05) is 71.4 Å². The van der Waals surface area contributed by atoms with Gasteiger partial charge in [-0.15, -0.1) is 0 Å². The minimum Gasteiger partial charge on any atom is -0.456 e. The smallest absolute Gasteiger partial charge is 0.340 e. The fourth-order valence-corrected chi connectivity index (χ4v) is 6.80. The van der Waals surface area contributed by atoms with Crippen LogP contribution in [-0.4, -0.2) is 33.8 Å². The Labute approximate surface area is 292 Å².